The number of amides is 3. The third-order valence-electron chi connectivity index (χ3n) is 5.44. The highest BCUT2D eigenvalue weighted by Crippen LogP contribution is 2.27. The molecule has 9 nitrogen and oxygen atoms in total. The number of rotatable bonds is 13. The molecule has 10 heteroatoms. The van der Waals surface area contributed by atoms with Crippen molar-refractivity contribution >= 4 is 35.6 Å². The van der Waals surface area contributed by atoms with Crippen molar-refractivity contribution in [3.8, 4) is 0 Å². The van der Waals surface area contributed by atoms with Gasteiger partial charge in [-0.25, -0.2) is 4.79 Å². The molecular formula is C27H43N3O6S. The van der Waals surface area contributed by atoms with Gasteiger partial charge in [-0.1, -0.05) is 23.8 Å². The summed E-state index contributed by atoms with van der Waals surface area (Å²) in [6, 6.07) is 3.87. The first kappa shape index (κ1) is 32.3. The average Bonchev–Trinajstić information content (AvgIpc) is 2.79. The van der Waals surface area contributed by atoms with E-state index >= 15 is 0 Å². The van der Waals surface area contributed by atoms with Gasteiger partial charge in [-0.2, -0.15) is 11.8 Å². The Morgan fingerprint density at radius 2 is 1.78 bits per heavy atom. The van der Waals surface area contributed by atoms with Crippen molar-refractivity contribution in [2.45, 2.75) is 79.0 Å². The van der Waals surface area contributed by atoms with Crippen LogP contribution in [0, 0.1) is 13.8 Å². The third-order valence-corrected chi connectivity index (χ3v) is 6.08. The van der Waals surface area contributed by atoms with Gasteiger partial charge in [0.15, 0.2) is 0 Å². The van der Waals surface area contributed by atoms with Crippen LogP contribution in [-0.4, -0.2) is 72.1 Å². The Morgan fingerprint density at radius 1 is 1.11 bits per heavy atom. The van der Waals surface area contributed by atoms with Gasteiger partial charge in [-0.05, 0) is 78.0 Å². The van der Waals surface area contributed by atoms with Gasteiger partial charge in [0, 0.05) is 13.1 Å². The molecule has 1 aromatic carbocycles. The molecule has 0 heterocycles. The molecular weight excluding hydrogens is 494 g/mol. The van der Waals surface area contributed by atoms with Crippen LogP contribution in [0.1, 0.15) is 70.2 Å². The first-order chi connectivity index (χ1) is 17.3. The maximum Gasteiger partial charge on any atom is 0.408 e. The fourth-order valence-corrected chi connectivity index (χ4v) is 4.28. The van der Waals surface area contributed by atoms with E-state index in [1.807, 2.05) is 38.3 Å². The van der Waals surface area contributed by atoms with Crippen LogP contribution >= 0.6 is 11.8 Å². The molecule has 0 aliphatic rings. The van der Waals surface area contributed by atoms with Crippen LogP contribution in [0.3, 0.4) is 0 Å². The number of benzene rings is 1. The molecule has 2 atom stereocenters. The molecule has 0 saturated carbocycles. The molecule has 0 fully saturated rings. The molecule has 0 spiro atoms. The lowest BCUT2D eigenvalue weighted by Gasteiger charge is -2.34. The summed E-state index contributed by atoms with van der Waals surface area (Å²) >= 11 is 1.55. The fourth-order valence-electron chi connectivity index (χ4n) is 3.81. The van der Waals surface area contributed by atoms with Gasteiger partial charge >= 0.3 is 12.1 Å². The van der Waals surface area contributed by atoms with E-state index in [9.17, 15) is 19.2 Å². The summed E-state index contributed by atoms with van der Waals surface area (Å²) in [6.07, 6.45) is 1.63. The smallest absolute Gasteiger partial charge is 0.408 e. The normalized spacial score (nSPS) is 12.8. The molecule has 1 rings (SSSR count). The maximum atomic E-state index is 13.8. The van der Waals surface area contributed by atoms with E-state index in [1.54, 1.807) is 46.4 Å². The second-order valence-electron chi connectivity index (χ2n) is 9.71. The average molecular weight is 538 g/mol. The Balaban J connectivity index is 3.32. The fraction of sp³-hybridized carbons (Fsp3) is 0.630. The van der Waals surface area contributed by atoms with Gasteiger partial charge in [0.1, 0.15) is 17.7 Å². The van der Waals surface area contributed by atoms with Crippen molar-refractivity contribution in [1.82, 2.24) is 15.5 Å². The summed E-state index contributed by atoms with van der Waals surface area (Å²) in [7, 11) is 0. The van der Waals surface area contributed by atoms with Crippen LogP contribution in [0.15, 0.2) is 18.2 Å². The SMILES string of the molecule is CCOC(=O)CCNC(=O)C(c1ccc(C)cc1C)N(CC)C(=O)C(CCSC)NC(=O)OC(C)(C)C. The highest BCUT2D eigenvalue weighted by atomic mass is 32.2. The Labute approximate surface area is 225 Å². The summed E-state index contributed by atoms with van der Waals surface area (Å²) in [5.41, 5.74) is 1.84. The number of esters is 1. The molecule has 1 aromatic rings. The number of likely N-dealkylation sites (N-methyl/N-ethyl adjacent to an activating group) is 1. The molecule has 0 saturated heterocycles. The van der Waals surface area contributed by atoms with E-state index in [1.165, 1.54) is 4.90 Å². The molecule has 2 N–H and O–H groups in total. The molecule has 2 unspecified atom stereocenters. The highest BCUT2D eigenvalue weighted by molar-refractivity contribution is 7.98. The standard InChI is InChI=1S/C27H43N3O6S/c1-9-30(25(33)21(14-16-37-8)29-26(34)36-27(5,6)7)23(20-12-11-18(3)17-19(20)4)24(32)28-15-13-22(31)35-10-2/h11-12,17,21,23H,9-10,13-16H2,1-8H3,(H,28,32)(H,29,34). The van der Waals surface area contributed by atoms with Crippen LogP contribution in [0.5, 0.6) is 0 Å². The number of carbonyl (C=O) groups excluding carboxylic acids is 4. The molecule has 0 radical (unpaired) electrons. The molecule has 0 bridgehead atoms. The van der Waals surface area contributed by atoms with Gasteiger partial charge in [-0.3, -0.25) is 14.4 Å². The van der Waals surface area contributed by atoms with Crippen molar-refractivity contribution in [3.63, 3.8) is 0 Å². The van der Waals surface area contributed by atoms with Gasteiger partial charge in [0.25, 0.3) is 0 Å². The van der Waals surface area contributed by atoms with Gasteiger partial charge in [0.2, 0.25) is 11.8 Å². The van der Waals surface area contributed by atoms with Crippen LogP contribution in [0.2, 0.25) is 0 Å². The van der Waals surface area contributed by atoms with Crippen molar-refractivity contribution in [2.75, 3.05) is 31.7 Å². The second-order valence-corrected chi connectivity index (χ2v) is 10.7. The molecule has 0 aliphatic carbocycles. The maximum absolute atomic E-state index is 13.8. The summed E-state index contributed by atoms with van der Waals surface area (Å²) in [5.74, 6) is -0.572. The van der Waals surface area contributed by atoms with E-state index in [0.717, 1.165) is 11.1 Å². The largest absolute Gasteiger partial charge is 0.466 e. The van der Waals surface area contributed by atoms with Crippen molar-refractivity contribution in [1.29, 1.82) is 0 Å². The molecule has 0 aromatic heterocycles. The number of nitrogens with one attached hydrogen (secondary N) is 2. The highest BCUT2D eigenvalue weighted by Gasteiger charge is 2.36. The second kappa shape index (κ2) is 15.5. The summed E-state index contributed by atoms with van der Waals surface area (Å²) in [4.78, 5) is 53.1. The minimum Gasteiger partial charge on any atom is -0.466 e. The van der Waals surface area contributed by atoms with Crippen molar-refractivity contribution in [2.24, 2.45) is 0 Å². The Morgan fingerprint density at radius 3 is 2.32 bits per heavy atom. The quantitative estimate of drug-likeness (QED) is 0.367. The van der Waals surface area contributed by atoms with Crippen LogP contribution in [-0.2, 0) is 23.9 Å². The lowest BCUT2D eigenvalue weighted by molar-refractivity contribution is -0.144. The lowest BCUT2D eigenvalue weighted by Crippen LogP contribution is -2.53. The zero-order valence-electron chi connectivity index (χ0n) is 23.4. The number of aryl methyl sites for hydroxylation is 2. The predicted molar refractivity (Wildman–Crippen MR) is 146 cm³/mol. The van der Waals surface area contributed by atoms with Crippen LogP contribution < -0.4 is 10.6 Å². The molecule has 3 amide bonds. The minimum atomic E-state index is -0.947. The van der Waals surface area contributed by atoms with E-state index in [0.29, 0.717) is 17.7 Å². The molecule has 37 heavy (non-hydrogen) atoms. The van der Waals surface area contributed by atoms with E-state index < -0.39 is 35.7 Å². The Kier molecular flexibility index (Phi) is 13.5. The zero-order valence-corrected chi connectivity index (χ0v) is 24.3. The number of thioether (sulfide) groups is 1. The number of hydrogen-bond donors (Lipinski definition) is 2. The van der Waals surface area contributed by atoms with Gasteiger partial charge < -0.3 is 25.0 Å². The molecule has 0 aliphatic heterocycles. The van der Waals surface area contributed by atoms with Gasteiger partial charge in [-0.15, -0.1) is 0 Å². The monoisotopic (exact) mass is 537 g/mol. The van der Waals surface area contributed by atoms with Crippen LogP contribution in [0.25, 0.3) is 0 Å². The van der Waals surface area contributed by atoms with E-state index in [-0.39, 0.29) is 32.0 Å². The first-order valence-electron chi connectivity index (χ1n) is 12.6. The minimum absolute atomic E-state index is 0.0236. The summed E-state index contributed by atoms with van der Waals surface area (Å²) in [5, 5.41) is 5.49. The van der Waals surface area contributed by atoms with Crippen molar-refractivity contribution < 1.29 is 28.7 Å². The topological polar surface area (TPSA) is 114 Å². The number of carbonyl (C=O) groups is 4. The van der Waals surface area contributed by atoms with Crippen molar-refractivity contribution in [3.05, 3.63) is 34.9 Å². The van der Waals surface area contributed by atoms with E-state index in [2.05, 4.69) is 10.6 Å². The molecule has 208 valence electrons. The number of alkyl carbamates (subject to hydrolysis) is 1. The third kappa shape index (κ3) is 11.0. The number of nitrogens with zero attached hydrogens (tertiary/aromatic N) is 1. The summed E-state index contributed by atoms with van der Waals surface area (Å²) < 4.78 is 10.3. The zero-order chi connectivity index (χ0) is 28.2. The van der Waals surface area contributed by atoms with Crippen LogP contribution in [0.4, 0.5) is 4.79 Å². The lowest BCUT2D eigenvalue weighted by atomic mass is 9.96. The predicted octanol–water partition coefficient (Wildman–Crippen LogP) is 3.91. The summed E-state index contributed by atoms with van der Waals surface area (Å²) in [6.45, 7) is 13.2. The number of ether oxygens (including phenoxy) is 2. The first-order valence-corrected chi connectivity index (χ1v) is 14.0. The Bertz CT molecular complexity index is 931. The van der Waals surface area contributed by atoms with Gasteiger partial charge in [0.05, 0.1) is 13.0 Å². The van der Waals surface area contributed by atoms with E-state index in [4.69, 9.17) is 9.47 Å². The number of hydrogen-bond acceptors (Lipinski definition) is 7. The Hall–Kier alpha value is -2.75.